The number of hydrogen-bond donors (Lipinski definition) is 1. The summed E-state index contributed by atoms with van der Waals surface area (Å²) in [4.78, 5) is 23.9. The van der Waals surface area contributed by atoms with Crippen LogP contribution in [0, 0.1) is 0 Å². The second kappa shape index (κ2) is 4.88. The maximum absolute atomic E-state index is 12.6. The van der Waals surface area contributed by atoms with Crippen molar-refractivity contribution in [1.29, 1.82) is 0 Å². The van der Waals surface area contributed by atoms with Gasteiger partial charge in [-0.15, -0.1) is 10.2 Å². The van der Waals surface area contributed by atoms with Crippen LogP contribution in [-0.4, -0.2) is 25.8 Å². The molecule has 2 aromatic heterocycles. The van der Waals surface area contributed by atoms with E-state index in [4.69, 9.17) is 0 Å². The molecular weight excluding hydrogens is 292 g/mol. The number of aromatic nitrogens is 4. The summed E-state index contributed by atoms with van der Waals surface area (Å²) in [5.74, 6) is -0.0163. The van der Waals surface area contributed by atoms with Crippen LogP contribution in [0.25, 0.3) is 27.6 Å². The number of rotatable bonds is 2. The normalized spacial score (nSPS) is 11.2. The number of Topliss-reactive ketones (excluding diaryl/α,β-unsaturated/α-hetero) is 1. The predicted octanol–water partition coefficient (Wildman–Crippen LogP) is 2.46. The summed E-state index contributed by atoms with van der Waals surface area (Å²) in [5, 5.41) is 12.0. The Bertz CT molecular complexity index is 1110. The summed E-state index contributed by atoms with van der Waals surface area (Å²) in [6.07, 6.45) is 0. The van der Waals surface area contributed by atoms with E-state index in [1.165, 1.54) is 11.6 Å². The van der Waals surface area contributed by atoms with Crippen molar-refractivity contribution in [2.45, 2.75) is 6.92 Å². The molecule has 4 rings (SSSR count). The highest BCUT2D eigenvalue weighted by Crippen LogP contribution is 2.19. The number of hydrogen-bond acceptors (Lipinski definition) is 4. The Morgan fingerprint density at radius 3 is 2.52 bits per heavy atom. The van der Waals surface area contributed by atoms with Gasteiger partial charge in [0.1, 0.15) is 0 Å². The van der Waals surface area contributed by atoms with E-state index in [2.05, 4.69) is 15.3 Å². The minimum absolute atomic E-state index is 0.0163. The first-order chi connectivity index (χ1) is 11.1. The zero-order valence-corrected chi connectivity index (χ0v) is 12.3. The van der Waals surface area contributed by atoms with E-state index in [9.17, 15) is 9.59 Å². The molecule has 2 heterocycles. The number of benzene rings is 2. The third-order valence-electron chi connectivity index (χ3n) is 3.83. The molecule has 6 heteroatoms. The highest BCUT2D eigenvalue weighted by molar-refractivity contribution is 6.00. The highest BCUT2D eigenvalue weighted by Gasteiger charge is 2.13. The van der Waals surface area contributed by atoms with Crippen molar-refractivity contribution in [1.82, 2.24) is 20.0 Å². The van der Waals surface area contributed by atoms with Crippen molar-refractivity contribution >= 4 is 27.7 Å². The van der Waals surface area contributed by atoms with Gasteiger partial charge in [0.25, 0.3) is 5.56 Å². The maximum Gasteiger partial charge on any atom is 0.299 e. The van der Waals surface area contributed by atoms with E-state index in [1.807, 2.05) is 24.3 Å². The summed E-state index contributed by atoms with van der Waals surface area (Å²) in [5.41, 5.74) is 2.63. The smallest absolute Gasteiger partial charge is 0.295 e. The Labute approximate surface area is 130 Å². The van der Waals surface area contributed by atoms with Gasteiger partial charge in [-0.25, -0.2) is 4.68 Å². The van der Waals surface area contributed by atoms with E-state index < -0.39 is 0 Å². The lowest BCUT2D eigenvalue weighted by molar-refractivity contribution is 0.101. The van der Waals surface area contributed by atoms with E-state index in [0.717, 1.165) is 10.9 Å². The Hall–Kier alpha value is -3.28. The third kappa shape index (κ3) is 2.03. The van der Waals surface area contributed by atoms with Gasteiger partial charge in [-0.2, -0.15) is 0 Å². The fourth-order valence-corrected chi connectivity index (χ4v) is 2.61. The minimum atomic E-state index is -0.270. The van der Waals surface area contributed by atoms with E-state index >= 15 is 0 Å². The van der Waals surface area contributed by atoms with Crippen molar-refractivity contribution in [3.63, 3.8) is 0 Å². The van der Waals surface area contributed by atoms with Gasteiger partial charge < -0.3 is 0 Å². The number of nitrogens with one attached hydrogen (secondary N) is 1. The number of nitrogens with zero attached hydrogens (tertiary/aromatic N) is 3. The molecule has 0 aliphatic rings. The molecule has 0 saturated carbocycles. The number of H-pyrrole nitrogens is 1. The molecule has 0 aliphatic heterocycles. The van der Waals surface area contributed by atoms with Gasteiger partial charge in [0.05, 0.1) is 16.7 Å². The van der Waals surface area contributed by atoms with Crippen LogP contribution in [-0.2, 0) is 0 Å². The molecule has 0 bridgehead atoms. The first-order valence-corrected chi connectivity index (χ1v) is 7.12. The highest BCUT2D eigenvalue weighted by atomic mass is 16.1. The zero-order chi connectivity index (χ0) is 16.0. The molecule has 1 N–H and O–H groups in total. The largest absolute Gasteiger partial charge is 0.299 e. The molecule has 4 aromatic rings. The monoisotopic (exact) mass is 304 g/mol. The predicted molar refractivity (Wildman–Crippen MR) is 87.0 cm³/mol. The number of carbonyl (C=O) groups is 1. The molecule has 0 spiro atoms. The molecule has 0 fully saturated rings. The van der Waals surface area contributed by atoms with Gasteiger partial charge in [-0.1, -0.05) is 18.2 Å². The van der Waals surface area contributed by atoms with Gasteiger partial charge in [-0.05, 0) is 37.3 Å². The van der Waals surface area contributed by atoms with Gasteiger partial charge >= 0.3 is 0 Å². The third-order valence-corrected chi connectivity index (χ3v) is 3.83. The van der Waals surface area contributed by atoms with Crippen molar-refractivity contribution in [2.75, 3.05) is 0 Å². The summed E-state index contributed by atoms with van der Waals surface area (Å²) >= 11 is 0. The number of fused-ring (bicyclic) bond motifs is 3. The number of carbonyl (C=O) groups excluding carboxylic acids is 1. The molecule has 6 nitrogen and oxygen atoms in total. The first kappa shape index (κ1) is 13.4. The lowest BCUT2D eigenvalue weighted by Gasteiger charge is -2.02. The van der Waals surface area contributed by atoms with E-state index in [1.54, 1.807) is 24.3 Å². The van der Waals surface area contributed by atoms with Crippen LogP contribution in [0.3, 0.4) is 0 Å². The molecule has 0 amide bonds. The summed E-state index contributed by atoms with van der Waals surface area (Å²) in [6.45, 7) is 1.51. The summed E-state index contributed by atoms with van der Waals surface area (Å²) in [7, 11) is 0. The van der Waals surface area contributed by atoms with Crippen LogP contribution in [0.2, 0.25) is 0 Å². The van der Waals surface area contributed by atoms with Crippen LogP contribution in [0.4, 0.5) is 0 Å². The average molecular weight is 304 g/mol. The average Bonchev–Trinajstić information content (AvgIpc) is 2.92. The summed E-state index contributed by atoms with van der Waals surface area (Å²) < 4.78 is 1.41. The zero-order valence-electron chi connectivity index (χ0n) is 12.3. The fourth-order valence-electron chi connectivity index (χ4n) is 2.61. The van der Waals surface area contributed by atoms with Crippen LogP contribution in [0.1, 0.15) is 17.3 Å². The van der Waals surface area contributed by atoms with Crippen LogP contribution in [0.5, 0.6) is 0 Å². The molecule has 23 heavy (non-hydrogen) atoms. The van der Waals surface area contributed by atoms with Crippen LogP contribution >= 0.6 is 0 Å². The van der Waals surface area contributed by atoms with Gasteiger partial charge in [0.15, 0.2) is 11.3 Å². The van der Waals surface area contributed by atoms with Crippen molar-refractivity contribution in [3.8, 4) is 5.69 Å². The Morgan fingerprint density at radius 1 is 1.04 bits per heavy atom. The second-order valence-electron chi connectivity index (χ2n) is 5.30. The minimum Gasteiger partial charge on any atom is -0.295 e. The molecule has 112 valence electrons. The van der Waals surface area contributed by atoms with Gasteiger partial charge in [0, 0.05) is 10.9 Å². The lowest BCUT2D eigenvalue weighted by atomic mass is 10.1. The van der Waals surface area contributed by atoms with Crippen molar-refractivity contribution in [2.24, 2.45) is 0 Å². The van der Waals surface area contributed by atoms with Gasteiger partial charge in [0.2, 0.25) is 0 Å². The summed E-state index contributed by atoms with van der Waals surface area (Å²) in [6, 6.07) is 14.3. The van der Waals surface area contributed by atoms with Crippen molar-refractivity contribution in [3.05, 3.63) is 64.4 Å². The molecule has 0 atom stereocenters. The van der Waals surface area contributed by atoms with Crippen LogP contribution in [0.15, 0.2) is 53.3 Å². The van der Waals surface area contributed by atoms with E-state index in [-0.39, 0.29) is 11.3 Å². The standard InChI is InChI=1S/C17H12N4O2/c1-10(22)11-6-8-12(9-7-11)21-17(23)16-15(20-21)13-4-2-3-5-14(13)18-19-16/h2-9,20H,1H3. The topological polar surface area (TPSA) is 80.6 Å². The van der Waals surface area contributed by atoms with E-state index in [0.29, 0.717) is 22.3 Å². The Balaban J connectivity index is 1.97. The number of aromatic amines is 1. The number of ketones is 1. The molecule has 0 radical (unpaired) electrons. The molecular formula is C17H12N4O2. The lowest BCUT2D eigenvalue weighted by Crippen LogP contribution is -2.15. The first-order valence-electron chi connectivity index (χ1n) is 7.12. The molecule has 2 aromatic carbocycles. The van der Waals surface area contributed by atoms with Crippen molar-refractivity contribution < 1.29 is 4.79 Å². The van der Waals surface area contributed by atoms with Gasteiger partial charge in [-0.3, -0.25) is 14.7 Å². The molecule has 0 unspecified atom stereocenters. The quantitative estimate of drug-likeness (QED) is 0.577. The molecule has 0 saturated heterocycles. The second-order valence-corrected chi connectivity index (χ2v) is 5.30. The Morgan fingerprint density at radius 2 is 1.78 bits per heavy atom. The maximum atomic E-state index is 12.6. The SMILES string of the molecule is CC(=O)c1ccc(-n2[nH]c3c(nnc4ccccc43)c2=O)cc1. The fraction of sp³-hybridized carbons (Fsp3) is 0.0588. The Kier molecular flexibility index (Phi) is 2.84. The molecule has 0 aliphatic carbocycles. The van der Waals surface area contributed by atoms with Crippen LogP contribution < -0.4 is 5.56 Å².